The van der Waals surface area contributed by atoms with Crippen molar-refractivity contribution >= 4 is 18.3 Å². The summed E-state index contributed by atoms with van der Waals surface area (Å²) in [5.41, 5.74) is 0. The van der Waals surface area contributed by atoms with Gasteiger partial charge in [-0.05, 0) is 12.8 Å². The van der Waals surface area contributed by atoms with Crippen LogP contribution in [0.2, 0.25) is 0 Å². The van der Waals surface area contributed by atoms with E-state index >= 15 is 0 Å². The van der Waals surface area contributed by atoms with Crippen LogP contribution in [0.15, 0.2) is 17.1 Å². The molecule has 0 spiro atoms. The van der Waals surface area contributed by atoms with E-state index in [1.165, 1.54) is 25.9 Å². The van der Waals surface area contributed by atoms with E-state index in [1.54, 1.807) is 0 Å². The zero-order valence-electron chi connectivity index (χ0n) is 8.74. The quantitative estimate of drug-likeness (QED) is 0.656. The molecule has 3 rings (SSSR count). The third kappa shape index (κ3) is 4.59. The molecule has 3 heterocycles. The second kappa shape index (κ2) is 5.89. The Morgan fingerprint density at radius 3 is 1.81 bits per heavy atom. The molecule has 88 valence electrons. The number of carbonyl (C=O) groups is 2. The Kier molecular flexibility index (Phi) is 4.50. The molecule has 0 atom stereocenters. The summed E-state index contributed by atoms with van der Waals surface area (Å²) < 4.78 is 0. The van der Waals surface area contributed by atoms with Gasteiger partial charge in [-0.2, -0.15) is 0 Å². The maximum absolute atomic E-state index is 9.55. The van der Waals surface area contributed by atoms with Crippen molar-refractivity contribution in [2.45, 2.75) is 18.9 Å². The van der Waals surface area contributed by atoms with Crippen molar-refractivity contribution in [3.63, 3.8) is 0 Å². The van der Waals surface area contributed by atoms with E-state index in [9.17, 15) is 9.59 Å². The fourth-order valence-electron chi connectivity index (χ4n) is 1.48. The van der Waals surface area contributed by atoms with Crippen LogP contribution in [0.25, 0.3) is 0 Å². The second-order valence-corrected chi connectivity index (χ2v) is 3.54. The van der Waals surface area contributed by atoms with Gasteiger partial charge in [0, 0.05) is 25.2 Å². The van der Waals surface area contributed by atoms with Gasteiger partial charge < -0.3 is 15.1 Å². The van der Waals surface area contributed by atoms with Crippen LogP contribution in [-0.2, 0) is 9.59 Å². The molecular formula is C10H14N2O4. The average molecular weight is 226 g/mol. The maximum Gasteiger partial charge on any atom is 0.328 e. The molecule has 0 radical (unpaired) electrons. The van der Waals surface area contributed by atoms with Gasteiger partial charge in [0.05, 0.1) is 12.4 Å². The number of aliphatic carboxylic acids is 2. The van der Waals surface area contributed by atoms with E-state index in [4.69, 9.17) is 10.2 Å². The SMILES string of the molecule is C1=NC2CCN1CC2.O=C(O)/C=C\C(=O)O. The molecule has 0 aromatic rings. The highest BCUT2D eigenvalue weighted by Gasteiger charge is 2.19. The number of carboxylic acids is 2. The first-order valence-electron chi connectivity index (χ1n) is 4.99. The van der Waals surface area contributed by atoms with Gasteiger partial charge in [0.2, 0.25) is 0 Å². The van der Waals surface area contributed by atoms with Crippen molar-refractivity contribution in [3.05, 3.63) is 12.2 Å². The summed E-state index contributed by atoms with van der Waals surface area (Å²) in [5, 5.41) is 15.6. The Balaban J connectivity index is 0.000000160. The summed E-state index contributed by atoms with van der Waals surface area (Å²) in [6.45, 7) is 2.49. The molecule has 0 aromatic heterocycles. The van der Waals surface area contributed by atoms with Crippen molar-refractivity contribution in [2.24, 2.45) is 4.99 Å². The maximum atomic E-state index is 9.55. The van der Waals surface area contributed by atoms with Gasteiger partial charge >= 0.3 is 11.9 Å². The van der Waals surface area contributed by atoms with Crippen LogP contribution < -0.4 is 0 Å². The third-order valence-corrected chi connectivity index (χ3v) is 2.31. The fraction of sp³-hybridized carbons (Fsp3) is 0.500. The van der Waals surface area contributed by atoms with Gasteiger partial charge in [-0.1, -0.05) is 0 Å². The Morgan fingerprint density at radius 2 is 1.69 bits per heavy atom. The molecule has 3 aliphatic rings. The summed E-state index contributed by atoms with van der Waals surface area (Å²) in [6, 6.07) is 0.681. The topological polar surface area (TPSA) is 90.2 Å². The van der Waals surface area contributed by atoms with Crippen LogP contribution in [0.1, 0.15) is 12.8 Å². The Bertz CT molecular complexity index is 287. The predicted octanol–water partition coefficient (Wildman–Crippen LogP) is 0.204. The number of hydrogen-bond acceptors (Lipinski definition) is 4. The highest BCUT2D eigenvalue weighted by atomic mass is 16.4. The van der Waals surface area contributed by atoms with Crippen LogP contribution >= 0.6 is 0 Å². The number of carboxylic acid groups (broad SMARTS) is 2. The highest BCUT2D eigenvalue weighted by molar-refractivity contribution is 5.89. The molecule has 2 bridgehead atoms. The lowest BCUT2D eigenvalue weighted by Crippen LogP contribution is -2.39. The lowest BCUT2D eigenvalue weighted by atomic mass is 10.1. The van der Waals surface area contributed by atoms with Gasteiger partial charge in [0.1, 0.15) is 0 Å². The van der Waals surface area contributed by atoms with Crippen LogP contribution in [-0.4, -0.2) is 52.5 Å². The lowest BCUT2D eigenvalue weighted by molar-refractivity contribution is -0.134. The molecule has 0 saturated carbocycles. The number of piperidine rings is 1. The molecule has 1 fully saturated rings. The van der Waals surface area contributed by atoms with Gasteiger partial charge in [-0.15, -0.1) is 0 Å². The first-order chi connectivity index (χ1) is 7.58. The smallest absolute Gasteiger partial charge is 0.328 e. The number of hydrogen-bond donors (Lipinski definition) is 2. The Morgan fingerprint density at radius 1 is 1.19 bits per heavy atom. The molecular weight excluding hydrogens is 212 g/mol. The first kappa shape index (κ1) is 12.2. The number of aliphatic imine (C=N–C) groups is 1. The Hall–Kier alpha value is -1.85. The van der Waals surface area contributed by atoms with Gasteiger partial charge in [0.25, 0.3) is 0 Å². The summed E-state index contributed by atoms with van der Waals surface area (Å²) in [6.07, 6.45) is 5.69. The molecule has 0 aromatic carbocycles. The highest BCUT2D eigenvalue weighted by Crippen LogP contribution is 2.16. The van der Waals surface area contributed by atoms with E-state index < -0.39 is 11.9 Å². The van der Waals surface area contributed by atoms with Crippen molar-refractivity contribution in [3.8, 4) is 0 Å². The van der Waals surface area contributed by atoms with Crippen molar-refractivity contribution in [1.29, 1.82) is 0 Å². The summed E-state index contributed by atoms with van der Waals surface area (Å²) in [5.74, 6) is -2.51. The Labute approximate surface area is 92.9 Å². The summed E-state index contributed by atoms with van der Waals surface area (Å²) in [7, 11) is 0. The van der Waals surface area contributed by atoms with Gasteiger partial charge in [0.15, 0.2) is 0 Å². The van der Waals surface area contributed by atoms with E-state index in [2.05, 4.69) is 9.89 Å². The predicted molar refractivity (Wildman–Crippen MR) is 57.5 cm³/mol. The van der Waals surface area contributed by atoms with E-state index in [0.29, 0.717) is 18.2 Å². The molecule has 0 amide bonds. The molecule has 3 aliphatic heterocycles. The van der Waals surface area contributed by atoms with Crippen molar-refractivity contribution in [1.82, 2.24) is 4.90 Å². The monoisotopic (exact) mass is 226 g/mol. The second-order valence-electron chi connectivity index (χ2n) is 3.54. The minimum absolute atomic E-state index is 0.558. The minimum atomic E-state index is -1.26. The van der Waals surface area contributed by atoms with Crippen LogP contribution in [0.5, 0.6) is 0 Å². The minimum Gasteiger partial charge on any atom is -0.478 e. The zero-order valence-corrected chi connectivity index (χ0v) is 8.74. The van der Waals surface area contributed by atoms with Crippen LogP contribution in [0.4, 0.5) is 0 Å². The largest absolute Gasteiger partial charge is 0.478 e. The standard InChI is InChI=1S/C6H10N2.C4H4O4/c1-3-8-4-2-6(1)7-5-8;5-3(6)1-2-4(7)8/h5-6H,1-4H2;1-2H,(H,5,6)(H,7,8)/b;2-1-. The fourth-order valence-corrected chi connectivity index (χ4v) is 1.48. The number of rotatable bonds is 2. The zero-order chi connectivity index (χ0) is 12.0. The van der Waals surface area contributed by atoms with E-state index in [0.717, 1.165) is 0 Å². The molecule has 16 heavy (non-hydrogen) atoms. The van der Waals surface area contributed by atoms with E-state index in [1.807, 2.05) is 6.34 Å². The molecule has 2 N–H and O–H groups in total. The molecule has 0 aliphatic carbocycles. The number of fused-ring (bicyclic) bond motifs is 2. The molecule has 0 unspecified atom stereocenters. The molecule has 6 nitrogen and oxygen atoms in total. The summed E-state index contributed by atoms with van der Waals surface area (Å²) >= 11 is 0. The third-order valence-electron chi connectivity index (χ3n) is 2.31. The average Bonchev–Trinajstić information content (AvgIpc) is 2.30. The number of nitrogens with zero attached hydrogens (tertiary/aromatic N) is 2. The van der Waals surface area contributed by atoms with Gasteiger partial charge in [-0.25, -0.2) is 9.59 Å². The molecule has 1 saturated heterocycles. The van der Waals surface area contributed by atoms with Crippen molar-refractivity contribution in [2.75, 3.05) is 13.1 Å². The molecule has 6 heteroatoms. The van der Waals surface area contributed by atoms with Crippen molar-refractivity contribution < 1.29 is 19.8 Å². The van der Waals surface area contributed by atoms with E-state index in [-0.39, 0.29) is 0 Å². The van der Waals surface area contributed by atoms with Gasteiger partial charge in [-0.3, -0.25) is 4.99 Å². The summed E-state index contributed by atoms with van der Waals surface area (Å²) in [4.78, 5) is 25.7. The van der Waals surface area contributed by atoms with Crippen LogP contribution in [0, 0.1) is 0 Å². The first-order valence-corrected chi connectivity index (χ1v) is 4.99. The normalized spacial score (nSPS) is 18.4. The van der Waals surface area contributed by atoms with Crippen LogP contribution in [0.3, 0.4) is 0 Å². The lowest BCUT2D eigenvalue weighted by Gasteiger charge is -2.33.